The molecule has 104 valence electrons. The van der Waals surface area contributed by atoms with Crippen LogP contribution in [0.3, 0.4) is 0 Å². The summed E-state index contributed by atoms with van der Waals surface area (Å²) in [5.74, 6) is 0. The van der Waals surface area contributed by atoms with E-state index < -0.39 is 6.10 Å². The molecule has 2 rings (SSSR count). The summed E-state index contributed by atoms with van der Waals surface area (Å²) in [5.41, 5.74) is 2.66. The highest BCUT2D eigenvalue weighted by Gasteiger charge is 2.17. The van der Waals surface area contributed by atoms with Gasteiger partial charge in [0.2, 0.25) is 0 Å². The largest absolute Gasteiger partial charge is 0.411 e. The van der Waals surface area contributed by atoms with Crippen LogP contribution in [-0.2, 0) is 0 Å². The molecule has 0 aromatic heterocycles. The smallest absolute Gasteiger partial charge is 0.125 e. The molecule has 2 aromatic rings. The van der Waals surface area contributed by atoms with Crippen LogP contribution in [0.25, 0.3) is 0 Å². The molecular weight excluding hydrogens is 252 g/mol. The Labute approximate surface area is 118 Å². The minimum Gasteiger partial charge on any atom is -0.411 e. The molecule has 0 saturated carbocycles. The van der Waals surface area contributed by atoms with Gasteiger partial charge in [-0.2, -0.15) is 0 Å². The first-order valence-corrected chi connectivity index (χ1v) is 6.36. The zero-order valence-corrected chi connectivity index (χ0v) is 11.6. The van der Waals surface area contributed by atoms with E-state index in [1.54, 1.807) is 12.1 Å². The van der Waals surface area contributed by atoms with Gasteiger partial charge < -0.3 is 15.2 Å². The van der Waals surface area contributed by atoms with Crippen molar-refractivity contribution < 1.29 is 10.3 Å². The topological polar surface area (TPSA) is 56.1 Å². The van der Waals surface area contributed by atoms with E-state index >= 15 is 0 Å². The van der Waals surface area contributed by atoms with E-state index in [2.05, 4.69) is 5.16 Å². The van der Waals surface area contributed by atoms with E-state index in [-0.39, 0.29) is 5.71 Å². The first-order chi connectivity index (χ1) is 9.63. The summed E-state index contributed by atoms with van der Waals surface area (Å²) in [6.07, 6.45) is -0.952. The molecule has 0 saturated heterocycles. The van der Waals surface area contributed by atoms with E-state index in [0.29, 0.717) is 11.1 Å². The zero-order chi connectivity index (χ0) is 14.5. The molecule has 2 aromatic carbocycles. The average molecular weight is 270 g/mol. The van der Waals surface area contributed by atoms with Crippen LogP contribution in [0, 0.1) is 0 Å². The number of oxime groups is 1. The fourth-order valence-corrected chi connectivity index (χ4v) is 1.99. The lowest BCUT2D eigenvalue weighted by molar-refractivity contribution is 0.235. The van der Waals surface area contributed by atoms with Crippen molar-refractivity contribution in [2.24, 2.45) is 5.16 Å². The van der Waals surface area contributed by atoms with Gasteiger partial charge in [-0.25, -0.2) is 0 Å². The summed E-state index contributed by atoms with van der Waals surface area (Å²) < 4.78 is 0. The van der Waals surface area contributed by atoms with Crippen LogP contribution in [0.15, 0.2) is 59.8 Å². The van der Waals surface area contributed by atoms with Gasteiger partial charge in [0, 0.05) is 25.3 Å². The van der Waals surface area contributed by atoms with Crippen LogP contribution in [0.5, 0.6) is 0 Å². The lowest BCUT2D eigenvalue weighted by Crippen LogP contribution is -2.14. The van der Waals surface area contributed by atoms with E-state index in [0.717, 1.165) is 5.69 Å². The normalized spacial score (nSPS) is 13.1. The van der Waals surface area contributed by atoms with Crippen molar-refractivity contribution in [2.75, 3.05) is 19.0 Å². The quantitative estimate of drug-likeness (QED) is 0.510. The van der Waals surface area contributed by atoms with Gasteiger partial charge in [-0.1, -0.05) is 47.6 Å². The monoisotopic (exact) mass is 270 g/mol. The highest BCUT2D eigenvalue weighted by molar-refractivity contribution is 6.04. The van der Waals surface area contributed by atoms with Crippen LogP contribution < -0.4 is 4.90 Å². The number of aliphatic hydroxyl groups excluding tert-OH is 1. The van der Waals surface area contributed by atoms with Crippen LogP contribution in [0.4, 0.5) is 5.69 Å². The summed E-state index contributed by atoms with van der Waals surface area (Å²) in [5, 5.41) is 22.8. The van der Waals surface area contributed by atoms with Gasteiger partial charge in [0.1, 0.15) is 11.8 Å². The van der Waals surface area contributed by atoms with Gasteiger partial charge in [-0.15, -0.1) is 0 Å². The molecule has 0 fully saturated rings. The zero-order valence-electron chi connectivity index (χ0n) is 11.6. The molecule has 0 radical (unpaired) electrons. The number of aliphatic hydroxyl groups is 1. The number of nitrogens with zero attached hydrogens (tertiary/aromatic N) is 2. The summed E-state index contributed by atoms with van der Waals surface area (Å²) in [7, 11) is 3.91. The van der Waals surface area contributed by atoms with Crippen molar-refractivity contribution in [3.8, 4) is 0 Å². The second-order valence-electron chi connectivity index (χ2n) is 4.74. The second-order valence-corrected chi connectivity index (χ2v) is 4.74. The van der Waals surface area contributed by atoms with Crippen LogP contribution in [0.2, 0.25) is 0 Å². The van der Waals surface area contributed by atoms with Gasteiger partial charge in [-0.3, -0.25) is 0 Å². The summed E-state index contributed by atoms with van der Waals surface area (Å²) in [6.45, 7) is 0. The third kappa shape index (κ3) is 2.97. The van der Waals surface area contributed by atoms with E-state index in [4.69, 9.17) is 0 Å². The van der Waals surface area contributed by atoms with Crippen molar-refractivity contribution in [1.82, 2.24) is 0 Å². The minimum absolute atomic E-state index is 0.238. The molecule has 0 spiro atoms. The van der Waals surface area contributed by atoms with Crippen molar-refractivity contribution in [2.45, 2.75) is 6.10 Å². The van der Waals surface area contributed by atoms with E-state index in [1.807, 2.05) is 61.5 Å². The molecule has 0 aliphatic heterocycles. The molecule has 1 atom stereocenters. The Hall–Kier alpha value is -2.33. The number of hydrogen-bond donors (Lipinski definition) is 2. The van der Waals surface area contributed by atoms with Gasteiger partial charge in [0.15, 0.2) is 0 Å². The molecule has 0 aliphatic carbocycles. The Morgan fingerprint density at radius 1 is 1.00 bits per heavy atom. The molecule has 4 nitrogen and oxygen atoms in total. The SMILES string of the molecule is CN(C)c1ccc(C(=NO)C(O)c2ccccc2)cc1. The van der Waals surface area contributed by atoms with Crippen LogP contribution >= 0.6 is 0 Å². The van der Waals surface area contributed by atoms with Gasteiger partial charge >= 0.3 is 0 Å². The Kier molecular flexibility index (Phi) is 4.38. The Bertz CT molecular complexity index is 577. The van der Waals surface area contributed by atoms with Crippen LogP contribution in [-0.4, -0.2) is 30.1 Å². The van der Waals surface area contributed by atoms with E-state index in [9.17, 15) is 10.3 Å². The molecule has 0 aliphatic rings. The Morgan fingerprint density at radius 3 is 2.10 bits per heavy atom. The Balaban J connectivity index is 2.29. The molecular formula is C16H18N2O2. The third-order valence-corrected chi connectivity index (χ3v) is 3.16. The summed E-state index contributed by atoms with van der Waals surface area (Å²) in [6, 6.07) is 16.6. The predicted octanol–water partition coefficient (Wildman–Crippen LogP) is 2.66. The first-order valence-electron chi connectivity index (χ1n) is 6.36. The number of anilines is 1. The standard InChI is InChI=1S/C16H18N2O2/c1-18(2)14-10-8-12(9-11-14)15(17-20)16(19)13-6-4-3-5-7-13/h3-11,16,19-20H,1-2H3. The van der Waals surface area contributed by atoms with Gasteiger partial charge in [0.25, 0.3) is 0 Å². The molecule has 20 heavy (non-hydrogen) atoms. The number of benzene rings is 2. The molecule has 1 unspecified atom stereocenters. The fourth-order valence-electron chi connectivity index (χ4n) is 1.99. The minimum atomic E-state index is -0.952. The maximum atomic E-state index is 10.3. The summed E-state index contributed by atoms with van der Waals surface area (Å²) in [4.78, 5) is 1.98. The van der Waals surface area contributed by atoms with E-state index in [1.165, 1.54) is 0 Å². The Morgan fingerprint density at radius 2 is 1.60 bits per heavy atom. The molecule has 0 heterocycles. The van der Waals surface area contributed by atoms with Gasteiger partial charge in [-0.05, 0) is 17.7 Å². The number of hydrogen-bond acceptors (Lipinski definition) is 4. The average Bonchev–Trinajstić information content (AvgIpc) is 2.49. The molecule has 0 amide bonds. The first kappa shape index (κ1) is 14.1. The lowest BCUT2D eigenvalue weighted by atomic mass is 9.99. The van der Waals surface area contributed by atoms with Crippen molar-refractivity contribution in [3.63, 3.8) is 0 Å². The third-order valence-electron chi connectivity index (χ3n) is 3.16. The maximum absolute atomic E-state index is 10.3. The molecule has 2 N–H and O–H groups in total. The van der Waals surface area contributed by atoms with Crippen molar-refractivity contribution in [1.29, 1.82) is 0 Å². The second kappa shape index (κ2) is 6.21. The summed E-state index contributed by atoms with van der Waals surface area (Å²) >= 11 is 0. The van der Waals surface area contributed by atoms with Crippen molar-refractivity contribution >= 4 is 11.4 Å². The lowest BCUT2D eigenvalue weighted by Gasteiger charge is -2.15. The van der Waals surface area contributed by atoms with Crippen LogP contribution in [0.1, 0.15) is 17.2 Å². The van der Waals surface area contributed by atoms with Crippen molar-refractivity contribution in [3.05, 3.63) is 65.7 Å². The van der Waals surface area contributed by atoms with Gasteiger partial charge in [0.05, 0.1) is 0 Å². The fraction of sp³-hybridized carbons (Fsp3) is 0.188. The molecule has 0 bridgehead atoms. The predicted molar refractivity (Wildman–Crippen MR) is 80.5 cm³/mol. The molecule has 4 heteroatoms. The maximum Gasteiger partial charge on any atom is 0.125 e. The highest BCUT2D eigenvalue weighted by atomic mass is 16.4. The highest BCUT2D eigenvalue weighted by Crippen LogP contribution is 2.21. The number of rotatable bonds is 4.